The zero-order chi connectivity index (χ0) is 28.4. The van der Waals surface area contributed by atoms with Crippen LogP contribution < -0.4 is 4.72 Å². The lowest BCUT2D eigenvalue weighted by atomic mass is 9.86. The fraction of sp³-hybridized carbons (Fsp3) is 0.433. The van der Waals surface area contributed by atoms with E-state index in [1.165, 1.54) is 11.8 Å². The minimum absolute atomic E-state index is 0.0364. The number of likely N-dealkylation sites (tertiary alicyclic amines) is 2. The van der Waals surface area contributed by atoms with Crippen LogP contribution >= 0.6 is 23.2 Å². The number of carbonyl (C=O) groups is 1. The van der Waals surface area contributed by atoms with E-state index in [-0.39, 0.29) is 5.91 Å². The normalized spacial score (nSPS) is 18.1. The third-order valence-corrected chi connectivity index (χ3v) is 9.49. The molecule has 0 bridgehead atoms. The predicted molar refractivity (Wildman–Crippen MR) is 165 cm³/mol. The van der Waals surface area contributed by atoms with Crippen molar-refractivity contribution >= 4 is 61.8 Å². The van der Waals surface area contributed by atoms with Crippen molar-refractivity contribution in [1.82, 2.24) is 14.8 Å². The number of nitrogens with zero attached hydrogens (tertiary/aromatic N) is 2. The van der Waals surface area contributed by atoms with Gasteiger partial charge in [-0.15, -0.1) is 0 Å². The summed E-state index contributed by atoms with van der Waals surface area (Å²) in [4.78, 5) is 20.7. The molecule has 7 nitrogen and oxygen atoms in total. The van der Waals surface area contributed by atoms with E-state index in [4.69, 9.17) is 23.2 Å². The molecule has 10 heteroatoms. The Balaban J connectivity index is 1.12. The second kappa shape index (κ2) is 12.1. The van der Waals surface area contributed by atoms with E-state index in [2.05, 4.69) is 21.5 Å². The Kier molecular flexibility index (Phi) is 8.80. The molecule has 1 amide bonds. The molecule has 3 aromatic rings. The molecule has 214 valence electrons. The highest BCUT2D eigenvalue weighted by atomic mass is 35.5. The van der Waals surface area contributed by atoms with Crippen LogP contribution in [0.2, 0.25) is 10.0 Å². The molecule has 40 heavy (non-hydrogen) atoms. The number of piperidine rings is 2. The summed E-state index contributed by atoms with van der Waals surface area (Å²) in [6.07, 6.45) is 8.78. The molecular weight excluding hydrogens is 567 g/mol. The van der Waals surface area contributed by atoms with Crippen molar-refractivity contribution in [2.24, 2.45) is 5.92 Å². The molecule has 0 spiro atoms. The highest BCUT2D eigenvalue weighted by Gasteiger charge is 2.28. The van der Waals surface area contributed by atoms with Gasteiger partial charge >= 0.3 is 0 Å². The zero-order valence-corrected chi connectivity index (χ0v) is 25.2. The summed E-state index contributed by atoms with van der Waals surface area (Å²) in [5.41, 5.74) is 4.97. The maximum Gasteiger partial charge on any atom is 0.246 e. The number of aromatic nitrogens is 1. The van der Waals surface area contributed by atoms with E-state index in [1.54, 1.807) is 30.4 Å². The molecule has 2 fully saturated rings. The summed E-state index contributed by atoms with van der Waals surface area (Å²) < 4.78 is 26.1. The highest BCUT2D eigenvalue weighted by Crippen LogP contribution is 2.37. The van der Waals surface area contributed by atoms with Crippen LogP contribution in [0, 0.1) is 12.8 Å². The van der Waals surface area contributed by atoms with Crippen LogP contribution in [0.4, 0.5) is 5.69 Å². The molecule has 0 aliphatic carbocycles. The van der Waals surface area contributed by atoms with Crippen LogP contribution in [0.15, 0.2) is 42.5 Å². The largest absolute Gasteiger partial charge is 0.358 e. The fourth-order valence-corrected chi connectivity index (χ4v) is 7.01. The highest BCUT2D eigenvalue weighted by molar-refractivity contribution is 7.92. The first-order valence-electron chi connectivity index (χ1n) is 13.8. The average molecular weight is 604 g/mol. The Hall–Kier alpha value is -2.52. The predicted octanol–water partition coefficient (Wildman–Crippen LogP) is 6.29. The van der Waals surface area contributed by atoms with E-state index in [0.29, 0.717) is 27.6 Å². The molecule has 0 unspecified atom stereocenters. The number of hydrogen-bond acceptors (Lipinski definition) is 4. The van der Waals surface area contributed by atoms with E-state index in [9.17, 15) is 13.2 Å². The third kappa shape index (κ3) is 7.03. The second-order valence-electron chi connectivity index (χ2n) is 11.1. The lowest BCUT2D eigenvalue weighted by Crippen LogP contribution is -2.42. The van der Waals surface area contributed by atoms with Gasteiger partial charge in [-0.3, -0.25) is 9.52 Å². The number of fused-ring (bicyclic) bond motifs is 1. The number of amides is 1. The van der Waals surface area contributed by atoms with Gasteiger partial charge in [0.25, 0.3) is 0 Å². The lowest BCUT2D eigenvalue weighted by molar-refractivity contribution is -0.127. The van der Waals surface area contributed by atoms with E-state index in [1.807, 2.05) is 23.1 Å². The number of benzene rings is 2. The van der Waals surface area contributed by atoms with Crippen LogP contribution in [0.25, 0.3) is 17.0 Å². The molecule has 2 aliphatic heterocycles. The first-order valence-corrected chi connectivity index (χ1v) is 16.4. The molecule has 2 aliphatic rings. The molecule has 5 rings (SSSR count). The molecule has 3 heterocycles. The standard InChI is InChI=1S/C30H36Cl2N4O3S/c1-20-30(25-18-24(34-40(2,38)39)5-7-28(25)33-20)23-11-13-35(14-12-23)19-22-9-15-36(16-10-22)29(37)8-4-21-3-6-26(31)27(32)17-21/h3-8,17-18,22-23,33-34H,9-16,19H2,1-2H3/b8-4+. The summed E-state index contributed by atoms with van der Waals surface area (Å²) in [6, 6.07) is 11.1. The number of nitrogens with one attached hydrogen (secondary N) is 2. The van der Waals surface area contributed by atoms with Crippen molar-refractivity contribution in [2.45, 2.75) is 38.5 Å². The van der Waals surface area contributed by atoms with Gasteiger partial charge < -0.3 is 14.8 Å². The molecular formula is C30H36Cl2N4O3S. The molecule has 1 aromatic heterocycles. The summed E-state index contributed by atoms with van der Waals surface area (Å²) in [7, 11) is -3.32. The summed E-state index contributed by atoms with van der Waals surface area (Å²) in [5, 5.41) is 2.09. The van der Waals surface area contributed by atoms with E-state index >= 15 is 0 Å². The van der Waals surface area contributed by atoms with Crippen LogP contribution in [-0.2, 0) is 14.8 Å². The number of sulfonamides is 1. The topological polar surface area (TPSA) is 85.5 Å². The minimum Gasteiger partial charge on any atom is -0.358 e. The van der Waals surface area contributed by atoms with Crippen molar-refractivity contribution in [1.29, 1.82) is 0 Å². The van der Waals surface area contributed by atoms with Gasteiger partial charge in [-0.25, -0.2) is 8.42 Å². The molecule has 0 radical (unpaired) electrons. The van der Waals surface area contributed by atoms with Gasteiger partial charge in [0.05, 0.1) is 16.3 Å². The Morgan fingerprint density at radius 1 is 1.02 bits per heavy atom. The van der Waals surface area contributed by atoms with Crippen molar-refractivity contribution in [3.63, 3.8) is 0 Å². The first kappa shape index (κ1) is 29.0. The summed E-state index contributed by atoms with van der Waals surface area (Å²) in [5.74, 6) is 1.08. The first-order chi connectivity index (χ1) is 19.1. The third-order valence-electron chi connectivity index (χ3n) is 8.14. The van der Waals surface area contributed by atoms with Gasteiger partial charge in [-0.1, -0.05) is 29.3 Å². The maximum absolute atomic E-state index is 12.7. The van der Waals surface area contributed by atoms with Crippen molar-refractivity contribution < 1.29 is 13.2 Å². The quantitative estimate of drug-likeness (QED) is 0.311. The Morgan fingerprint density at radius 2 is 1.75 bits per heavy atom. The van der Waals surface area contributed by atoms with E-state index in [0.717, 1.165) is 80.6 Å². The van der Waals surface area contributed by atoms with Gasteiger partial charge in [-0.2, -0.15) is 0 Å². The SMILES string of the molecule is Cc1[nH]c2ccc(NS(C)(=O)=O)cc2c1C1CCN(CC2CCN(C(=O)/C=C/c3ccc(Cl)c(Cl)c3)CC2)CC1. The summed E-state index contributed by atoms with van der Waals surface area (Å²) in [6.45, 7) is 6.84. The molecule has 0 saturated carbocycles. The smallest absolute Gasteiger partial charge is 0.246 e. The van der Waals surface area contributed by atoms with Crippen LogP contribution in [0.1, 0.15) is 48.4 Å². The number of aromatic amines is 1. The van der Waals surface area contributed by atoms with Crippen molar-refractivity contribution in [2.75, 3.05) is 43.7 Å². The van der Waals surface area contributed by atoms with Gasteiger partial charge in [0.1, 0.15) is 0 Å². The number of H-pyrrole nitrogens is 1. The number of hydrogen-bond donors (Lipinski definition) is 2. The van der Waals surface area contributed by atoms with E-state index < -0.39 is 10.0 Å². The maximum atomic E-state index is 12.7. The van der Waals surface area contributed by atoms with Gasteiger partial charge in [0.2, 0.25) is 15.9 Å². The lowest BCUT2D eigenvalue weighted by Gasteiger charge is -2.37. The van der Waals surface area contributed by atoms with Gasteiger partial charge in [-0.05, 0) is 105 Å². The Labute approximate surface area is 246 Å². The summed E-state index contributed by atoms with van der Waals surface area (Å²) >= 11 is 12.0. The Morgan fingerprint density at radius 3 is 2.42 bits per heavy atom. The number of aryl methyl sites for hydroxylation is 1. The van der Waals surface area contributed by atoms with Gasteiger partial charge in [0.15, 0.2) is 0 Å². The van der Waals surface area contributed by atoms with Gasteiger partial charge in [0, 0.05) is 48.0 Å². The monoisotopic (exact) mass is 602 g/mol. The molecule has 0 atom stereocenters. The Bertz CT molecular complexity index is 1520. The average Bonchev–Trinajstić information content (AvgIpc) is 3.24. The van der Waals surface area contributed by atoms with Crippen LogP contribution in [0.3, 0.4) is 0 Å². The molecule has 2 saturated heterocycles. The number of rotatable bonds is 7. The zero-order valence-electron chi connectivity index (χ0n) is 22.9. The molecule has 2 N–H and O–H groups in total. The number of anilines is 1. The van der Waals surface area contributed by atoms with Crippen molar-refractivity contribution in [3.05, 3.63) is 69.3 Å². The number of carbonyl (C=O) groups excluding carboxylic acids is 1. The van der Waals surface area contributed by atoms with Crippen LogP contribution in [-0.4, -0.2) is 68.1 Å². The number of halogens is 2. The minimum atomic E-state index is -3.32. The fourth-order valence-electron chi connectivity index (χ4n) is 6.15. The van der Waals surface area contributed by atoms with Crippen molar-refractivity contribution in [3.8, 4) is 0 Å². The van der Waals surface area contributed by atoms with Crippen LogP contribution in [0.5, 0.6) is 0 Å². The molecule has 2 aromatic carbocycles. The second-order valence-corrected chi connectivity index (χ2v) is 13.7.